The number of nitrogens with zero attached hydrogens (tertiary/aromatic N) is 3. The molecule has 1 unspecified atom stereocenters. The Bertz CT molecular complexity index is 1300. The van der Waals surface area contributed by atoms with Crippen molar-refractivity contribution in [2.75, 3.05) is 13.2 Å². The van der Waals surface area contributed by atoms with Gasteiger partial charge in [0, 0.05) is 32.3 Å². The third kappa shape index (κ3) is 6.12. The van der Waals surface area contributed by atoms with Crippen LogP contribution < -0.4 is 20.7 Å². The molecule has 0 aliphatic carbocycles. The number of hydrogen-bond acceptors (Lipinski definition) is 7. The van der Waals surface area contributed by atoms with Gasteiger partial charge in [0.2, 0.25) is 0 Å². The van der Waals surface area contributed by atoms with Crippen LogP contribution in [0.5, 0.6) is 17.2 Å². The second kappa shape index (κ2) is 10.4. The summed E-state index contributed by atoms with van der Waals surface area (Å²) < 4.78 is 60.2. The minimum atomic E-state index is -4.89. The number of alkyl halides is 3. The molecule has 186 valence electrons. The van der Waals surface area contributed by atoms with Gasteiger partial charge < -0.3 is 18.9 Å². The van der Waals surface area contributed by atoms with Gasteiger partial charge in [-0.1, -0.05) is 6.07 Å². The lowest BCUT2D eigenvalue weighted by molar-refractivity contribution is -0.274. The van der Waals surface area contributed by atoms with Crippen molar-refractivity contribution in [2.24, 2.45) is 7.05 Å². The van der Waals surface area contributed by atoms with Crippen LogP contribution in [0.25, 0.3) is 11.0 Å². The normalized spacial score (nSPS) is 16.2. The van der Waals surface area contributed by atoms with E-state index in [9.17, 15) is 22.8 Å². The van der Waals surface area contributed by atoms with Crippen LogP contribution >= 0.6 is 0 Å². The average Bonchev–Trinajstić information content (AvgIpc) is 2.82. The molecular weight excluding hydrogens is 471 g/mol. The molecule has 0 N–H and O–H groups in total. The molecular formula is C23H22F3N3O6. The molecule has 1 atom stereocenters. The van der Waals surface area contributed by atoms with E-state index in [-0.39, 0.29) is 35.4 Å². The van der Waals surface area contributed by atoms with Gasteiger partial charge in [0.15, 0.2) is 12.0 Å². The maximum Gasteiger partial charge on any atom is 0.573 e. The van der Waals surface area contributed by atoms with E-state index < -0.39 is 23.4 Å². The Hall–Kier alpha value is -3.56. The molecule has 1 saturated heterocycles. The van der Waals surface area contributed by atoms with E-state index in [0.717, 1.165) is 29.9 Å². The fourth-order valence-corrected chi connectivity index (χ4v) is 3.66. The Morgan fingerprint density at radius 2 is 2.06 bits per heavy atom. The summed E-state index contributed by atoms with van der Waals surface area (Å²) in [5.41, 5.74) is -0.951. The molecule has 0 saturated carbocycles. The van der Waals surface area contributed by atoms with Gasteiger partial charge in [0.05, 0.1) is 18.2 Å². The second-order valence-electron chi connectivity index (χ2n) is 7.84. The summed E-state index contributed by atoms with van der Waals surface area (Å²) in [4.78, 5) is 29.9. The Labute approximate surface area is 197 Å². The summed E-state index contributed by atoms with van der Waals surface area (Å²) in [5.74, 6) is -0.583. The van der Waals surface area contributed by atoms with E-state index >= 15 is 0 Å². The molecule has 0 radical (unpaired) electrons. The third-order valence-electron chi connectivity index (χ3n) is 5.26. The molecule has 0 bridgehead atoms. The fourth-order valence-electron chi connectivity index (χ4n) is 3.66. The molecule has 3 aromatic rings. The monoisotopic (exact) mass is 493 g/mol. The molecule has 4 rings (SSSR count). The van der Waals surface area contributed by atoms with Gasteiger partial charge in [-0.05, 0) is 37.8 Å². The summed E-state index contributed by atoms with van der Waals surface area (Å²) >= 11 is 0. The van der Waals surface area contributed by atoms with E-state index in [2.05, 4.69) is 21.9 Å². The zero-order valence-electron chi connectivity index (χ0n) is 18.8. The van der Waals surface area contributed by atoms with Crippen molar-refractivity contribution in [3.05, 3.63) is 57.4 Å². The number of hydrogen-bond donors (Lipinski definition) is 0. The van der Waals surface area contributed by atoms with Crippen LogP contribution in [-0.4, -0.2) is 40.0 Å². The van der Waals surface area contributed by atoms with Crippen LogP contribution in [0.3, 0.4) is 0 Å². The van der Waals surface area contributed by atoms with Crippen LogP contribution in [0.1, 0.15) is 25.7 Å². The van der Waals surface area contributed by atoms with Gasteiger partial charge >= 0.3 is 12.1 Å². The molecule has 1 aromatic carbocycles. The van der Waals surface area contributed by atoms with E-state index in [1.54, 1.807) is 0 Å². The maximum absolute atomic E-state index is 13.0. The standard InChI is InChI=1S/C23H22F3N3O6/c1-28-20-18(21(30)29(22(28)31)9-5-11-33-19-8-2-3-10-32-19)13-17(14-27-20)34-15-6-4-7-16(12-15)35-23(24,25)26/h6,12-14,19H,2-3,5,8-11H2,1H3. The molecule has 9 nitrogen and oxygen atoms in total. The summed E-state index contributed by atoms with van der Waals surface area (Å²) in [6.07, 6.45) is -0.634. The van der Waals surface area contributed by atoms with Crippen molar-refractivity contribution >= 4 is 11.0 Å². The predicted molar refractivity (Wildman–Crippen MR) is 116 cm³/mol. The Kier molecular flexibility index (Phi) is 7.28. The van der Waals surface area contributed by atoms with Gasteiger partial charge in [-0.3, -0.25) is 13.9 Å². The molecule has 3 heterocycles. The van der Waals surface area contributed by atoms with E-state index in [4.69, 9.17) is 14.2 Å². The fraction of sp³-hybridized carbons (Fsp3) is 0.435. The smallest absolute Gasteiger partial charge is 0.455 e. The summed E-state index contributed by atoms with van der Waals surface area (Å²) in [5, 5.41) is 0.111. The number of fused-ring (bicyclic) bond motifs is 1. The van der Waals surface area contributed by atoms with Crippen LogP contribution in [0.15, 0.2) is 34.0 Å². The highest BCUT2D eigenvalue weighted by Crippen LogP contribution is 2.27. The summed E-state index contributed by atoms with van der Waals surface area (Å²) in [6, 6.07) is 8.15. The number of rotatable bonds is 8. The molecule has 0 spiro atoms. The maximum atomic E-state index is 13.0. The van der Waals surface area contributed by atoms with Crippen LogP contribution in [0.4, 0.5) is 13.2 Å². The first-order chi connectivity index (χ1) is 16.7. The van der Waals surface area contributed by atoms with Crippen LogP contribution in [-0.2, 0) is 23.1 Å². The number of halogens is 3. The van der Waals surface area contributed by atoms with Crippen molar-refractivity contribution in [3.63, 3.8) is 0 Å². The Morgan fingerprint density at radius 3 is 2.80 bits per heavy atom. The molecule has 35 heavy (non-hydrogen) atoms. The van der Waals surface area contributed by atoms with Crippen molar-refractivity contribution < 1.29 is 32.1 Å². The third-order valence-corrected chi connectivity index (χ3v) is 5.26. The zero-order valence-corrected chi connectivity index (χ0v) is 18.8. The number of pyridine rings is 1. The molecule has 12 heteroatoms. The summed E-state index contributed by atoms with van der Waals surface area (Å²) in [7, 11) is 1.49. The Morgan fingerprint density at radius 1 is 1.23 bits per heavy atom. The first kappa shape index (κ1) is 24.6. The lowest BCUT2D eigenvalue weighted by atomic mass is 10.2. The van der Waals surface area contributed by atoms with Crippen molar-refractivity contribution in [3.8, 4) is 17.2 Å². The SMILES string of the molecule is Cn1c(=O)n(CCCOC2CCCCO2)c(=O)c2cc(Oc3cc#cc(OC(F)(F)F)c3)cnc21. The largest absolute Gasteiger partial charge is 0.573 e. The van der Waals surface area contributed by atoms with E-state index in [1.807, 2.05) is 0 Å². The second-order valence-corrected chi connectivity index (χ2v) is 7.84. The minimum absolute atomic E-state index is 0.0311. The average molecular weight is 493 g/mol. The van der Waals surface area contributed by atoms with E-state index in [0.29, 0.717) is 19.6 Å². The predicted octanol–water partition coefficient (Wildman–Crippen LogP) is 3.32. The lowest BCUT2D eigenvalue weighted by Gasteiger charge is -2.22. The van der Waals surface area contributed by atoms with Crippen molar-refractivity contribution in [2.45, 2.75) is 44.9 Å². The van der Waals surface area contributed by atoms with Crippen molar-refractivity contribution in [1.29, 1.82) is 0 Å². The molecule has 0 amide bonds. The summed E-state index contributed by atoms with van der Waals surface area (Å²) in [6.45, 7) is 1.10. The zero-order chi connectivity index (χ0) is 25.0. The van der Waals surface area contributed by atoms with Gasteiger partial charge in [0.1, 0.15) is 17.1 Å². The number of ether oxygens (including phenoxy) is 4. The quantitative estimate of drug-likeness (QED) is 0.445. The minimum Gasteiger partial charge on any atom is -0.455 e. The van der Waals surface area contributed by atoms with Crippen LogP contribution in [0.2, 0.25) is 0 Å². The molecule has 1 aliphatic heterocycles. The Balaban J connectivity index is 1.52. The lowest BCUT2D eigenvalue weighted by Crippen LogP contribution is -2.39. The van der Waals surface area contributed by atoms with Gasteiger partial charge in [-0.2, -0.15) is 0 Å². The highest BCUT2D eigenvalue weighted by atomic mass is 19.4. The van der Waals surface area contributed by atoms with E-state index in [1.165, 1.54) is 29.9 Å². The highest BCUT2D eigenvalue weighted by Gasteiger charge is 2.31. The molecule has 2 aromatic heterocycles. The highest BCUT2D eigenvalue weighted by molar-refractivity contribution is 5.75. The number of aromatic nitrogens is 3. The van der Waals surface area contributed by atoms with Gasteiger partial charge in [-0.15, -0.1) is 13.2 Å². The van der Waals surface area contributed by atoms with Gasteiger partial charge in [0.25, 0.3) is 5.56 Å². The topological polar surface area (TPSA) is 93.8 Å². The van der Waals surface area contributed by atoms with Crippen LogP contribution in [0, 0.1) is 12.1 Å². The molecule has 1 aliphatic rings. The van der Waals surface area contributed by atoms with Gasteiger partial charge in [-0.25, -0.2) is 9.78 Å². The first-order valence-corrected chi connectivity index (χ1v) is 10.9. The number of aryl methyl sites for hydroxylation is 1. The van der Waals surface area contributed by atoms with Crippen molar-refractivity contribution in [1.82, 2.24) is 14.1 Å². The molecule has 1 fully saturated rings. The first-order valence-electron chi connectivity index (χ1n) is 10.9.